The van der Waals surface area contributed by atoms with Crippen LogP contribution in [-0.2, 0) is 4.74 Å². The Kier molecular flexibility index (Phi) is 5.41. The van der Waals surface area contributed by atoms with Crippen LogP contribution in [-0.4, -0.2) is 15.9 Å². The van der Waals surface area contributed by atoms with Crippen LogP contribution in [0.4, 0.5) is 0 Å². The second-order valence-corrected chi connectivity index (χ2v) is 8.29. The number of phenols is 1. The lowest BCUT2D eigenvalue weighted by Crippen LogP contribution is -2.24. The van der Waals surface area contributed by atoms with E-state index in [0.717, 1.165) is 18.4 Å². The van der Waals surface area contributed by atoms with Gasteiger partial charge in [-0.2, -0.15) is 0 Å². The lowest BCUT2D eigenvalue weighted by molar-refractivity contribution is 0.0855. The maximum atomic E-state index is 12.9. The second kappa shape index (κ2) is 7.45. The number of nitrogens with zero attached hydrogens (tertiary/aromatic N) is 1. The summed E-state index contributed by atoms with van der Waals surface area (Å²) >= 11 is 11.9. The van der Waals surface area contributed by atoms with Gasteiger partial charge >= 0.3 is 0 Å². The minimum Gasteiger partial charge on any atom is -0.505 e. The zero-order valence-corrected chi connectivity index (χ0v) is 16.9. The van der Waals surface area contributed by atoms with Gasteiger partial charge in [-0.15, -0.1) is 0 Å². The van der Waals surface area contributed by atoms with Crippen LogP contribution in [0, 0.1) is 5.41 Å². The number of rotatable bonds is 2. The fourth-order valence-corrected chi connectivity index (χ4v) is 3.59. The topological polar surface area (TPSA) is 49.8 Å². The van der Waals surface area contributed by atoms with E-state index in [9.17, 15) is 9.90 Å². The molecule has 1 N–H and O–H groups in total. The molecule has 0 radical (unpaired) electrons. The van der Waals surface area contributed by atoms with Gasteiger partial charge in [0.15, 0.2) is 5.75 Å². The van der Waals surface area contributed by atoms with E-state index in [2.05, 4.69) is 32.9 Å². The number of carbonyl (C=O) groups excluding carboxylic acids is 1. The molecule has 0 atom stereocenters. The molecule has 1 aromatic carbocycles. The Balaban J connectivity index is 1.97. The third kappa shape index (κ3) is 4.07. The van der Waals surface area contributed by atoms with Crippen LogP contribution in [0.25, 0.3) is 0 Å². The van der Waals surface area contributed by atoms with Gasteiger partial charge in [0.05, 0.1) is 16.2 Å². The molecule has 3 rings (SSSR count). The fraction of sp³-hybridized carbons (Fsp3) is 0.286. The minimum atomic E-state index is -0.319. The Hall–Kier alpha value is -2.17. The predicted octanol–water partition coefficient (Wildman–Crippen LogP) is 6.18. The number of halogens is 2. The summed E-state index contributed by atoms with van der Waals surface area (Å²) in [5.74, 6) is 0.0915. The van der Waals surface area contributed by atoms with Crippen LogP contribution in [0.2, 0.25) is 10.0 Å². The molecule has 0 aromatic heterocycles. The van der Waals surface area contributed by atoms with E-state index in [-0.39, 0.29) is 32.7 Å². The zero-order chi connectivity index (χ0) is 19.8. The maximum absolute atomic E-state index is 12.9. The Morgan fingerprint density at radius 2 is 1.89 bits per heavy atom. The number of aromatic hydroxyl groups is 1. The predicted molar refractivity (Wildman–Crippen MR) is 107 cm³/mol. The molecule has 1 heterocycles. The van der Waals surface area contributed by atoms with Crippen LogP contribution >= 0.6 is 23.2 Å². The van der Waals surface area contributed by atoms with E-state index in [1.165, 1.54) is 35.1 Å². The number of hydrogen-bond donors (Lipinski definition) is 1. The summed E-state index contributed by atoms with van der Waals surface area (Å²) in [4.78, 5) is 14.3. The van der Waals surface area contributed by atoms with Gasteiger partial charge in [-0.1, -0.05) is 56.1 Å². The van der Waals surface area contributed by atoms with Gasteiger partial charge in [0.1, 0.15) is 12.0 Å². The summed E-state index contributed by atoms with van der Waals surface area (Å²) in [6.45, 7) is 6.46. The largest absolute Gasteiger partial charge is 0.505 e. The number of hydrogen-bond acceptors (Lipinski definition) is 3. The van der Waals surface area contributed by atoms with Crippen molar-refractivity contribution < 1.29 is 14.6 Å². The van der Waals surface area contributed by atoms with Crippen LogP contribution in [0.3, 0.4) is 0 Å². The van der Waals surface area contributed by atoms with Gasteiger partial charge in [-0.05, 0) is 36.0 Å². The Labute approximate surface area is 169 Å². The van der Waals surface area contributed by atoms with Crippen molar-refractivity contribution in [3.05, 3.63) is 75.5 Å². The summed E-state index contributed by atoms with van der Waals surface area (Å²) < 4.78 is 5.73. The molecule has 4 nitrogen and oxygen atoms in total. The lowest BCUT2D eigenvalue weighted by Gasteiger charge is -2.29. The van der Waals surface area contributed by atoms with Gasteiger partial charge in [-0.25, -0.2) is 0 Å². The molecular weight excluding hydrogens is 385 g/mol. The molecule has 142 valence electrons. The van der Waals surface area contributed by atoms with E-state index in [1.807, 2.05) is 0 Å². The maximum Gasteiger partial charge on any atom is 0.262 e. The van der Waals surface area contributed by atoms with Gasteiger partial charge in [0.2, 0.25) is 0 Å². The number of carbonyl (C=O) groups is 1. The van der Waals surface area contributed by atoms with Crippen LogP contribution in [0.1, 0.15) is 44.0 Å². The summed E-state index contributed by atoms with van der Waals surface area (Å²) in [6.07, 6.45) is 10.8. The van der Waals surface area contributed by atoms with Crippen LogP contribution in [0.15, 0.2) is 59.9 Å². The summed E-state index contributed by atoms with van der Waals surface area (Å²) in [5.41, 5.74) is 2.52. The van der Waals surface area contributed by atoms with Crippen molar-refractivity contribution in [2.75, 3.05) is 0 Å². The SMILES string of the molecule is CC(C)(C)C1=C(C2=CN(C(=O)c3cc(Cl)c(O)c(Cl)c3)C=CO2)CCC=C1. The third-order valence-corrected chi connectivity index (χ3v) is 5.02. The van der Waals surface area contributed by atoms with Crippen LogP contribution < -0.4 is 0 Å². The molecule has 0 saturated heterocycles. The van der Waals surface area contributed by atoms with E-state index >= 15 is 0 Å². The van der Waals surface area contributed by atoms with E-state index < -0.39 is 0 Å². The second-order valence-electron chi connectivity index (χ2n) is 7.48. The van der Waals surface area contributed by atoms with Gasteiger partial charge in [0.25, 0.3) is 5.91 Å². The van der Waals surface area contributed by atoms with Gasteiger partial charge < -0.3 is 9.84 Å². The molecule has 0 bridgehead atoms. The van der Waals surface area contributed by atoms with E-state index in [1.54, 1.807) is 6.20 Å². The van der Waals surface area contributed by atoms with Crippen molar-refractivity contribution in [2.45, 2.75) is 33.6 Å². The normalized spacial score (nSPS) is 17.1. The first-order valence-electron chi connectivity index (χ1n) is 8.65. The number of ether oxygens (including phenoxy) is 1. The standard InChI is InChI=1S/C21H21Cl2NO3/c1-21(2,3)15-7-5-4-6-14(15)18-12-24(8-9-27-18)20(26)13-10-16(22)19(25)17(23)11-13/h5,7-12,25H,4,6H2,1-3H3. The Morgan fingerprint density at radius 3 is 2.52 bits per heavy atom. The van der Waals surface area contributed by atoms with E-state index in [4.69, 9.17) is 27.9 Å². The van der Waals surface area contributed by atoms with Crippen molar-refractivity contribution in [1.29, 1.82) is 0 Å². The summed E-state index contributed by atoms with van der Waals surface area (Å²) in [5, 5.41) is 9.75. The highest BCUT2D eigenvalue weighted by Crippen LogP contribution is 2.38. The minimum absolute atomic E-state index is 0.0300. The average molecular weight is 406 g/mol. The number of benzene rings is 1. The quantitative estimate of drug-likeness (QED) is 0.638. The zero-order valence-electron chi connectivity index (χ0n) is 15.4. The van der Waals surface area contributed by atoms with Crippen LogP contribution in [0.5, 0.6) is 5.75 Å². The monoisotopic (exact) mass is 405 g/mol. The summed E-state index contributed by atoms with van der Waals surface area (Å²) in [6, 6.07) is 2.79. The number of allylic oxidation sites excluding steroid dienone is 4. The molecule has 1 aliphatic carbocycles. The van der Waals surface area contributed by atoms with Gasteiger partial charge in [0, 0.05) is 17.3 Å². The number of amides is 1. The van der Waals surface area contributed by atoms with Gasteiger partial charge in [-0.3, -0.25) is 9.69 Å². The molecular formula is C21H21Cl2NO3. The molecule has 0 spiro atoms. The van der Waals surface area contributed by atoms with Crippen molar-refractivity contribution in [3.63, 3.8) is 0 Å². The van der Waals surface area contributed by atoms with E-state index in [0.29, 0.717) is 5.76 Å². The fourth-order valence-electron chi connectivity index (χ4n) is 3.11. The highest BCUT2D eigenvalue weighted by atomic mass is 35.5. The smallest absolute Gasteiger partial charge is 0.262 e. The molecule has 27 heavy (non-hydrogen) atoms. The van der Waals surface area contributed by atoms with Crippen molar-refractivity contribution >= 4 is 29.1 Å². The average Bonchev–Trinajstić information content (AvgIpc) is 2.64. The highest BCUT2D eigenvalue weighted by Gasteiger charge is 2.26. The first-order valence-corrected chi connectivity index (χ1v) is 9.40. The summed E-state index contributed by atoms with van der Waals surface area (Å²) in [7, 11) is 0. The molecule has 1 aromatic rings. The first kappa shape index (κ1) is 19.6. The molecule has 1 aliphatic heterocycles. The lowest BCUT2D eigenvalue weighted by atomic mass is 9.79. The first-order chi connectivity index (χ1) is 12.7. The molecule has 0 fully saturated rings. The molecule has 0 saturated carbocycles. The third-order valence-electron chi connectivity index (χ3n) is 4.45. The highest BCUT2D eigenvalue weighted by molar-refractivity contribution is 6.37. The molecule has 6 heteroatoms. The molecule has 2 aliphatic rings. The molecule has 0 unspecified atom stereocenters. The molecule has 1 amide bonds. The Bertz CT molecular complexity index is 881. The Morgan fingerprint density at radius 1 is 1.22 bits per heavy atom. The van der Waals surface area contributed by atoms with Crippen molar-refractivity contribution in [3.8, 4) is 5.75 Å². The van der Waals surface area contributed by atoms with Crippen molar-refractivity contribution in [1.82, 2.24) is 4.90 Å². The van der Waals surface area contributed by atoms with Crippen molar-refractivity contribution in [2.24, 2.45) is 5.41 Å². The number of phenolic OH excluding ortho intramolecular Hbond substituents is 1.